The molecule has 2 aromatic carbocycles. The third-order valence-electron chi connectivity index (χ3n) is 5.05. The summed E-state index contributed by atoms with van der Waals surface area (Å²) in [7, 11) is 3.50. The third kappa shape index (κ3) is 4.23. The van der Waals surface area contributed by atoms with Crippen molar-refractivity contribution in [3.05, 3.63) is 71.5 Å². The van der Waals surface area contributed by atoms with Crippen LogP contribution in [0.5, 0.6) is 5.75 Å². The van der Waals surface area contributed by atoms with Crippen LogP contribution in [0.1, 0.15) is 29.2 Å². The zero-order chi connectivity index (χ0) is 21.1. The molecule has 0 bridgehead atoms. The Morgan fingerprint density at radius 2 is 1.90 bits per heavy atom. The highest BCUT2D eigenvalue weighted by molar-refractivity contribution is 7.99. The second-order valence-electron chi connectivity index (χ2n) is 7.16. The van der Waals surface area contributed by atoms with Gasteiger partial charge in [-0.3, -0.25) is 4.79 Å². The van der Waals surface area contributed by atoms with Gasteiger partial charge in [0.05, 0.1) is 24.6 Å². The van der Waals surface area contributed by atoms with Crippen LogP contribution in [0, 0.1) is 6.92 Å². The van der Waals surface area contributed by atoms with Crippen LogP contribution in [0.15, 0.2) is 65.1 Å². The van der Waals surface area contributed by atoms with Gasteiger partial charge in [0.15, 0.2) is 5.16 Å². The molecular weight excluding hydrogens is 398 g/mol. The molecule has 1 aromatic heterocycles. The van der Waals surface area contributed by atoms with Gasteiger partial charge in [-0.05, 0) is 42.3 Å². The molecule has 0 radical (unpaired) electrons. The third-order valence-corrected chi connectivity index (χ3v) is 6.06. The first kappa shape index (κ1) is 20.2. The number of nitrogens with zero attached hydrogens (tertiary/aromatic N) is 5. The fourth-order valence-electron chi connectivity index (χ4n) is 3.34. The van der Waals surface area contributed by atoms with Crippen molar-refractivity contribution in [2.24, 2.45) is 12.1 Å². The molecule has 0 fully saturated rings. The second kappa shape index (κ2) is 8.71. The lowest BCUT2D eigenvalue weighted by Crippen LogP contribution is -2.28. The van der Waals surface area contributed by atoms with E-state index in [-0.39, 0.29) is 17.7 Å². The predicted molar refractivity (Wildman–Crippen MR) is 117 cm³/mol. The van der Waals surface area contributed by atoms with E-state index in [0.717, 1.165) is 22.6 Å². The number of benzene rings is 2. The highest BCUT2D eigenvalue weighted by Gasteiger charge is 2.33. The summed E-state index contributed by atoms with van der Waals surface area (Å²) >= 11 is 1.36. The Bertz CT molecular complexity index is 1060. The number of thioether (sulfide) groups is 1. The van der Waals surface area contributed by atoms with Gasteiger partial charge in [-0.2, -0.15) is 5.10 Å². The number of hydrazone groups is 1. The average Bonchev–Trinajstić information content (AvgIpc) is 3.39. The topological polar surface area (TPSA) is 72.6 Å². The quantitative estimate of drug-likeness (QED) is 0.569. The first-order valence-corrected chi connectivity index (χ1v) is 10.6. The number of ether oxygens (including phenoxy) is 1. The van der Waals surface area contributed by atoms with Crippen molar-refractivity contribution >= 4 is 23.4 Å². The van der Waals surface area contributed by atoms with Crippen LogP contribution in [-0.2, 0) is 11.8 Å². The summed E-state index contributed by atoms with van der Waals surface area (Å²) in [5, 5.41) is 14.9. The number of carbonyl (C=O) groups is 1. The molecule has 7 nitrogen and oxygen atoms in total. The number of rotatable bonds is 6. The van der Waals surface area contributed by atoms with E-state index in [1.165, 1.54) is 17.3 Å². The van der Waals surface area contributed by atoms with E-state index in [4.69, 9.17) is 9.84 Å². The maximum atomic E-state index is 13.1. The number of carbonyl (C=O) groups excluding carboxylic acids is 1. The molecule has 0 unspecified atom stereocenters. The fraction of sp³-hybridized carbons (Fsp3) is 0.273. The molecule has 1 amide bonds. The Labute approximate surface area is 179 Å². The molecule has 0 spiro atoms. The van der Waals surface area contributed by atoms with Gasteiger partial charge in [0.2, 0.25) is 0 Å². The second-order valence-corrected chi connectivity index (χ2v) is 8.10. The van der Waals surface area contributed by atoms with Crippen molar-refractivity contribution in [1.82, 2.24) is 19.8 Å². The molecule has 30 heavy (non-hydrogen) atoms. The van der Waals surface area contributed by atoms with E-state index < -0.39 is 0 Å². The number of aromatic nitrogens is 3. The van der Waals surface area contributed by atoms with Gasteiger partial charge in [0.25, 0.3) is 5.91 Å². The highest BCUT2D eigenvalue weighted by Crippen LogP contribution is 2.34. The minimum Gasteiger partial charge on any atom is -0.497 e. The van der Waals surface area contributed by atoms with Gasteiger partial charge in [-0.1, -0.05) is 41.6 Å². The van der Waals surface area contributed by atoms with Crippen LogP contribution in [0.3, 0.4) is 0 Å². The minimum atomic E-state index is -0.129. The number of hydrogen-bond donors (Lipinski definition) is 0. The molecule has 4 rings (SSSR count). The summed E-state index contributed by atoms with van der Waals surface area (Å²) in [5.74, 6) is 0.978. The van der Waals surface area contributed by atoms with Crippen LogP contribution in [0.2, 0.25) is 0 Å². The number of amides is 1. The molecule has 0 saturated carbocycles. The van der Waals surface area contributed by atoms with E-state index in [1.54, 1.807) is 23.0 Å². The number of aryl methyl sites for hydroxylation is 2. The molecule has 1 aliphatic rings. The lowest BCUT2D eigenvalue weighted by atomic mass is 9.97. The normalized spacial score (nSPS) is 15.9. The molecule has 1 aliphatic heterocycles. The van der Waals surface area contributed by atoms with Crippen molar-refractivity contribution in [2.45, 2.75) is 24.5 Å². The van der Waals surface area contributed by atoms with Crippen LogP contribution < -0.4 is 4.74 Å². The Kier molecular flexibility index (Phi) is 5.85. The Balaban J connectivity index is 1.59. The van der Waals surface area contributed by atoms with E-state index in [2.05, 4.69) is 41.4 Å². The molecule has 0 saturated heterocycles. The summed E-state index contributed by atoms with van der Waals surface area (Å²) in [6, 6.07) is 15.9. The zero-order valence-electron chi connectivity index (χ0n) is 17.1. The molecule has 1 atom stereocenters. The smallest absolute Gasteiger partial charge is 0.253 e. The van der Waals surface area contributed by atoms with Crippen LogP contribution in [-0.4, -0.2) is 44.3 Å². The predicted octanol–water partition coefficient (Wildman–Crippen LogP) is 3.60. The standard InChI is InChI=1S/C22H23N5O2S/c1-15-4-6-17(7-5-15)20-12-19(16-8-10-18(29-3)11-9-16)25-27(20)21(28)13-30-22-24-23-14-26(22)2/h4-11,14,20H,12-13H2,1-3H3/t20-/m0/s1. The Morgan fingerprint density at radius 1 is 1.17 bits per heavy atom. The van der Waals surface area contributed by atoms with E-state index >= 15 is 0 Å². The summed E-state index contributed by atoms with van der Waals surface area (Å²) in [6.45, 7) is 2.05. The lowest BCUT2D eigenvalue weighted by Gasteiger charge is -2.22. The van der Waals surface area contributed by atoms with Gasteiger partial charge in [0, 0.05) is 13.5 Å². The molecule has 154 valence electrons. The van der Waals surface area contributed by atoms with Crippen molar-refractivity contribution in [2.75, 3.05) is 12.9 Å². The molecular formula is C22H23N5O2S. The van der Waals surface area contributed by atoms with Crippen LogP contribution in [0.4, 0.5) is 0 Å². The Morgan fingerprint density at radius 3 is 2.53 bits per heavy atom. The average molecular weight is 422 g/mol. The van der Waals surface area contributed by atoms with Crippen molar-refractivity contribution in [1.29, 1.82) is 0 Å². The summed E-state index contributed by atoms with van der Waals surface area (Å²) in [6.07, 6.45) is 2.29. The Hall–Kier alpha value is -3.13. The number of methoxy groups -OCH3 is 1. The first-order chi connectivity index (χ1) is 14.5. The van der Waals surface area contributed by atoms with Gasteiger partial charge in [0.1, 0.15) is 12.1 Å². The van der Waals surface area contributed by atoms with Gasteiger partial charge in [-0.25, -0.2) is 5.01 Å². The van der Waals surface area contributed by atoms with Gasteiger partial charge < -0.3 is 9.30 Å². The highest BCUT2D eigenvalue weighted by atomic mass is 32.2. The zero-order valence-corrected chi connectivity index (χ0v) is 18.0. The van der Waals surface area contributed by atoms with E-state index in [9.17, 15) is 4.79 Å². The van der Waals surface area contributed by atoms with E-state index in [0.29, 0.717) is 11.6 Å². The van der Waals surface area contributed by atoms with Crippen molar-refractivity contribution in [3.63, 3.8) is 0 Å². The SMILES string of the molecule is COc1ccc(C2=NN(C(=O)CSc3nncn3C)[C@H](c3ccc(C)cc3)C2)cc1. The van der Waals surface area contributed by atoms with Crippen molar-refractivity contribution < 1.29 is 9.53 Å². The summed E-state index contributed by atoms with van der Waals surface area (Å²) in [4.78, 5) is 13.1. The molecule has 2 heterocycles. The maximum absolute atomic E-state index is 13.1. The minimum absolute atomic E-state index is 0.0583. The molecule has 8 heteroatoms. The van der Waals surface area contributed by atoms with E-state index in [1.807, 2.05) is 31.3 Å². The van der Waals surface area contributed by atoms with Gasteiger partial charge >= 0.3 is 0 Å². The molecule has 0 aliphatic carbocycles. The summed E-state index contributed by atoms with van der Waals surface area (Å²) < 4.78 is 7.05. The molecule has 0 N–H and O–H groups in total. The van der Waals surface area contributed by atoms with Crippen LogP contribution in [0.25, 0.3) is 0 Å². The maximum Gasteiger partial charge on any atom is 0.253 e. The van der Waals surface area contributed by atoms with Gasteiger partial charge in [-0.15, -0.1) is 10.2 Å². The monoisotopic (exact) mass is 421 g/mol. The largest absolute Gasteiger partial charge is 0.497 e. The fourth-order valence-corrected chi connectivity index (χ4v) is 4.08. The molecule has 3 aromatic rings. The first-order valence-electron chi connectivity index (χ1n) is 9.62. The van der Waals surface area contributed by atoms with Crippen LogP contribution >= 0.6 is 11.8 Å². The lowest BCUT2D eigenvalue weighted by molar-refractivity contribution is -0.130. The van der Waals surface area contributed by atoms with Crippen molar-refractivity contribution in [3.8, 4) is 5.75 Å². The number of hydrogen-bond acceptors (Lipinski definition) is 6. The summed E-state index contributed by atoms with van der Waals surface area (Å²) in [5.41, 5.74) is 4.14.